The van der Waals surface area contributed by atoms with Gasteiger partial charge in [0.1, 0.15) is 0 Å². The Morgan fingerprint density at radius 3 is 2.25 bits per heavy atom. The first-order valence-corrected chi connectivity index (χ1v) is 10.8. The number of aliphatic hydroxyl groups excluding tert-OH is 1. The molecule has 146 valence electrons. The Morgan fingerprint density at radius 2 is 1.64 bits per heavy atom. The Balaban J connectivity index is 1.81. The number of rotatable bonds is 7. The third-order valence-corrected chi connectivity index (χ3v) is 6.32. The van der Waals surface area contributed by atoms with Crippen LogP contribution in [0.3, 0.4) is 0 Å². The zero-order valence-electron chi connectivity index (χ0n) is 15.3. The van der Waals surface area contributed by atoms with Crippen LogP contribution in [0.2, 0.25) is 0 Å². The van der Waals surface area contributed by atoms with Crippen LogP contribution in [0.1, 0.15) is 19.3 Å². The molecule has 3 aromatic rings. The van der Waals surface area contributed by atoms with E-state index in [1.54, 1.807) is 24.3 Å². The highest BCUT2D eigenvalue weighted by Gasteiger charge is 2.29. The summed E-state index contributed by atoms with van der Waals surface area (Å²) < 4.78 is 28.4. The van der Waals surface area contributed by atoms with Crippen LogP contribution in [0.25, 0.3) is 11.0 Å². The molecule has 1 heterocycles. The van der Waals surface area contributed by atoms with Crippen molar-refractivity contribution in [3.8, 4) is 0 Å². The summed E-state index contributed by atoms with van der Waals surface area (Å²) in [5, 5.41) is 9.55. The first-order chi connectivity index (χ1) is 13.6. The van der Waals surface area contributed by atoms with E-state index in [-0.39, 0.29) is 23.4 Å². The van der Waals surface area contributed by atoms with Crippen molar-refractivity contribution in [3.05, 3.63) is 54.6 Å². The lowest BCUT2D eigenvalue weighted by molar-refractivity contribution is 0.283. The quantitative estimate of drug-likeness (QED) is 0.635. The first-order valence-electron chi connectivity index (χ1n) is 9.30. The fraction of sp³-hybridized carbons (Fsp3) is 0.300. The van der Waals surface area contributed by atoms with Crippen LogP contribution in [0, 0.1) is 0 Å². The smallest absolute Gasteiger partial charge is 0.263 e. The summed E-state index contributed by atoms with van der Waals surface area (Å²) in [4.78, 5) is 11.4. The first kappa shape index (κ1) is 18.6. The summed E-state index contributed by atoms with van der Waals surface area (Å²) in [6.45, 7) is 0.327. The van der Waals surface area contributed by atoms with E-state index in [2.05, 4.69) is 9.71 Å². The summed E-state index contributed by atoms with van der Waals surface area (Å²) in [5.41, 5.74) is 1.29. The van der Waals surface area contributed by atoms with Crippen molar-refractivity contribution in [2.24, 2.45) is 0 Å². The Bertz CT molecular complexity index is 1070. The second-order valence-electron chi connectivity index (χ2n) is 6.80. The third-order valence-electron chi connectivity index (χ3n) is 4.97. The molecular weight excluding hydrogens is 376 g/mol. The largest absolute Gasteiger partial charge is 0.395 e. The van der Waals surface area contributed by atoms with Crippen LogP contribution < -0.4 is 9.62 Å². The maximum Gasteiger partial charge on any atom is 0.263 e. The van der Waals surface area contributed by atoms with Gasteiger partial charge in [0.15, 0.2) is 11.6 Å². The molecule has 0 spiro atoms. The average molecular weight is 398 g/mol. The molecule has 0 aliphatic heterocycles. The Kier molecular flexibility index (Phi) is 5.15. The molecule has 0 atom stereocenters. The molecule has 0 saturated heterocycles. The Morgan fingerprint density at radius 1 is 1.00 bits per heavy atom. The summed E-state index contributed by atoms with van der Waals surface area (Å²) in [7, 11) is -3.81. The predicted octanol–water partition coefficient (Wildman–Crippen LogP) is 2.78. The Labute approximate surface area is 164 Å². The lowest BCUT2D eigenvalue weighted by Crippen LogP contribution is -2.43. The number of fused-ring (bicyclic) bond motifs is 1. The second kappa shape index (κ2) is 7.73. The molecule has 1 aliphatic carbocycles. The normalized spacial score (nSPS) is 14.6. The highest BCUT2D eigenvalue weighted by atomic mass is 32.2. The zero-order valence-corrected chi connectivity index (χ0v) is 16.1. The van der Waals surface area contributed by atoms with Crippen LogP contribution in [0.4, 0.5) is 11.6 Å². The SMILES string of the molecule is O=S(=O)(Nc1nc2ccccc2nc1N(CCO)C1CCC1)c1ccccc1. The molecule has 1 saturated carbocycles. The van der Waals surface area contributed by atoms with E-state index in [4.69, 9.17) is 4.98 Å². The summed E-state index contributed by atoms with van der Waals surface area (Å²) in [6, 6.07) is 15.8. The lowest BCUT2D eigenvalue weighted by Gasteiger charge is -2.38. The molecule has 0 radical (unpaired) electrons. The number of nitrogens with zero attached hydrogens (tertiary/aromatic N) is 3. The molecule has 2 aromatic carbocycles. The topological polar surface area (TPSA) is 95.4 Å². The van der Waals surface area contributed by atoms with Crippen molar-refractivity contribution < 1.29 is 13.5 Å². The maximum absolute atomic E-state index is 12.9. The lowest BCUT2D eigenvalue weighted by atomic mass is 9.91. The van der Waals surface area contributed by atoms with Gasteiger partial charge in [0.25, 0.3) is 10.0 Å². The molecule has 7 nitrogen and oxygen atoms in total. The van der Waals surface area contributed by atoms with Gasteiger partial charge in [-0.2, -0.15) is 0 Å². The monoisotopic (exact) mass is 398 g/mol. The molecular formula is C20H22N4O3S. The molecule has 8 heteroatoms. The third kappa shape index (κ3) is 3.65. The highest BCUT2D eigenvalue weighted by molar-refractivity contribution is 7.92. The van der Waals surface area contributed by atoms with E-state index in [1.165, 1.54) is 12.1 Å². The van der Waals surface area contributed by atoms with Crippen molar-refractivity contribution in [3.63, 3.8) is 0 Å². The summed E-state index contributed by atoms with van der Waals surface area (Å²) in [5.74, 6) is 0.639. The summed E-state index contributed by atoms with van der Waals surface area (Å²) >= 11 is 0. The van der Waals surface area contributed by atoms with E-state index >= 15 is 0 Å². The van der Waals surface area contributed by atoms with E-state index in [0.717, 1.165) is 19.3 Å². The minimum Gasteiger partial charge on any atom is -0.395 e. The molecule has 2 N–H and O–H groups in total. The van der Waals surface area contributed by atoms with Gasteiger partial charge in [-0.05, 0) is 43.5 Å². The number of para-hydroxylation sites is 2. The molecule has 1 aliphatic rings. The minimum atomic E-state index is -3.81. The molecule has 28 heavy (non-hydrogen) atoms. The number of hydrogen-bond acceptors (Lipinski definition) is 6. The van der Waals surface area contributed by atoms with Crippen molar-refractivity contribution in [2.45, 2.75) is 30.2 Å². The number of nitrogens with one attached hydrogen (secondary N) is 1. The summed E-state index contributed by atoms with van der Waals surface area (Å²) in [6.07, 6.45) is 3.08. The van der Waals surface area contributed by atoms with Gasteiger partial charge in [-0.1, -0.05) is 30.3 Å². The van der Waals surface area contributed by atoms with Crippen LogP contribution in [0.15, 0.2) is 59.5 Å². The van der Waals surface area contributed by atoms with E-state index in [1.807, 2.05) is 23.1 Å². The number of aliphatic hydroxyl groups is 1. The Hall–Kier alpha value is -2.71. The van der Waals surface area contributed by atoms with Crippen LogP contribution in [0.5, 0.6) is 0 Å². The molecule has 0 unspecified atom stereocenters. The van der Waals surface area contributed by atoms with Gasteiger partial charge in [-0.25, -0.2) is 18.4 Å². The number of hydrogen-bond donors (Lipinski definition) is 2. The van der Waals surface area contributed by atoms with E-state index < -0.39 is 10.0 Å². The van der Waals surface area contributed by atoms with Gasteiger partial charge in [-0.15, -0.1) is 0 Å². The number of benzene rings is 2. The van der Waals surface area contributed by atoms with Gasteiger partial charge in [0, 0.05) is 12.6 Å². The van der Waals surface area contributed by atoms with Gasteiger partial charge < -0.3 is 10.0 Å². The van der Waals surface area contributed by atoms with Crippen molar-refractivity contribution in [1.29, 1.82) is 0 Å². The zero-order chi connectivity index (χ0) is 19.6. The number of anilines is 2. The number of aromatic nitrogens is 2. The van der Waals surface area contributed by atoms with Crippen LogP contribution in [-0.2, 0) is 10.0 Å². The minimum absolute atomic E-state index is 0.0458. The van der Waals surface area contributed by atoms with Crippen molar-refractivity contribution in [2.75, 3.05) is 22.8 Å². The molecule has 0 amide bonds. The highest BCUT2D eigenvalue weighted by Crippen LogP contribution is 2.34. The van der Waals surface area contributed by atoms with Crippen molar-refractivity contribution >= 4 is 32.7 Å². The fourth-order valence-corrected chi connectivity index (χ4v) is 4.34. The number of sulfonamides is 1. The predicted molar refractivity (Wildman–Crippen MR) is 109 cm³/mol. The molecule has 1 aromatic heterocycles. The maximum atomic E-state index is 12.9. The van der Waals surface area contributed by atoms with Crippen molar-refractivity contribution in [1.82, 2.24) is 9.97 Å². The molecule has 1 fully saturated rings. The van der Waals surface area contributed by atoms with Gasteiger partial charge in [0.05, 0.1) is 22.5 Å². The fourth-order valence-electron chi connectivity index (χ4n) is 3.31. The van der Waals surface area contributed by atoms with Gasteiger partial charge >= 0.3 is 0 Å². The van der Waals surface area contributed by atoms with Gasteiger partial charge in [0.2, 0.25) is 0 Å². The van der Waals surface area contributed by atoms with E-state index in [0.29, 0.717) is 23.4 Å². The average Bonchev–Trinajstić information content (AvgIpc) is 2.66. The van der Waals surface area contributed by atoms with E-state index in [9.17, 15) is 13.5 Å². The van der Waals surface area contributed by atoms with Gasteiger partial charge in [-0.3, -0.25) is 4.72 Å². The molecule has 4 rings (SSSR count). The van der Waals surface area contributed by atoms with Crippen LogP contribution in [-0.4, -0.2) is 42.7 Å². The second-order valence-corrected chi connectivity index (χ2v) is 8.49. The standard InChI is InChI=1S/C20H22N4O3S/c25-14-13-24(15-7-6-8-15)20-19(21-17-11-4-5-12-18(17)22-20)23-28(26,27)16-9-2-1-3-10-16/h1-5,9-12,15,25H,6-8,13-14H2,(H,21,23). The molecule has 0 bridgehead atoms. The van der Waals surface area contributed by atoms with Crippen LogP contribution >= 0.6 is 0 Å².